The zero-order chi connectivity index (χ0) is 24.0. The van der Waals surface area contributed by atoms with Gasteiger partial charge in [-0.05, 0) is 36.4 Å². The Bertz CT molecular complexity index is 1550. The molecule has 10 nitrogen and oxygen atoms in total. The predicted molar refractivity (Wildman–Crippen MR) is 127 cm³/mol. The number of urea groups is 1. The van der Waals surface area contributed by atoms with E-state index in [1.807, 2.05) is 20.8 Å². The maximum absolute atomic E-state index is 13.0. The molecule has 5 N–H and O–H groups in total. The summed E-state index contributed by atoms with van der Waals surface area (Å²) in [6.07, 6.45) is 1.54. The second kappa shape index (κ2) is 7.77. The molecule has 0 atom stereocenters. The van der Waals surface area contributed by atoms with E-state index in [2.05, 4.69) is 30.7 Å². The molecule has 2 amide bonds. The number of nitrogens with one attached hydrogen (secondary N) is 4. The highest BCUT2D eigenvalue weighted by Gasteiger charge is 2.20. The number of phenolic OH excluding ortho intramolecular Hbond substituents is 1. The monoisotopic (exact) mass is 458 g/mol. The number of aromatic amines is 2. The van der Waals surface area contributed by atoms with E-state index in [0.29, 0.717) is 39.7 Å². The minimum absolute atomic E-state index is 0.129. The maximum atomic E-state index is 13.0. The third kappa shape index (κ3) is 4.08. The van der Waals surface area contributed by atoms with E-state index >= 15 is 0 Å². The van der Waals surface area contributed by atoms with Crippen LogP contribution in [0.5, 0.6) is 5.75 Å². The van der Waals surface area contributed by atoms with Crippen LogP contribution in [0.1, 0.15) is 42.7 Å². The van der Waals surface area contributed by atoms with Gasteiger partial charge in [-0.1, -0.05) is 25.9 Å². The third-order valence-electron chi connectivity index (χ3n) is 5.33. The zero-order valence-corrected chi connectivity index (χ0v) is 18.7. The van der Waals surface area contributed by atoms with Crippen LogP contribution in [0.3, 0.4) is 0 Å². The van der Waals surface area contributed by atoms with E-state index < -0.39 is 6.03 Å². The lowest BCUT2D eigenvalue weighted by molar-refractivity contribution is 0.103. The molecule has 0 aliphatic rings. The summed E-state index contributed by atoms with van der Waals surface area (Å²) >= 11 is 0. The van der Waals surface area contributed by atoms with Crippen LogP contribution in [0.2, 0.25) is 0 Å². The van der Waals surface area contributed by atoms with Crippen molar-refractivity contribution in [2.45, 2.75) is 26.2 Å². The van der Waals surface area contributed by atoms with E-state index in [4.69, 9.17) is 4.52 Å². The zero-order valence-electron chi connectivity index (χ0n) is 18.7. The molecule has 5 rings (SSSR count). The molecule has 0 bridgehead atoms. The van der Waals surface area contributed by atoms with Crippen LogP contribution in [0.15, 0.2) is 53.2 Å². The molecular weight excluding hydrogens is 436 g/mol. The SMILES string of the molecule is CC(C)(C)c1cc(NC(=O)Nc2cc3cc(C(=O)c4cc5cc(O)ccc5[nH]4)[nH]c3cn2)no1. The van der Waals surface area contributed by atoms with Gasteiger partial charge in [0.05, 0.1) is 23.1 Å². The first kappa shape index (κ1) is 21.3. The molecule has 0 fully saturated rings. The number of benzene rings is 1. The average Bonchev–Trinajstić information content (AvgIpc) is 3.49. The number of hydrogen-bond acceptors (Lipinski definition) is 6. The first-order chi connectivity index (χ1) is 16.2. The lowest BCUT2D eigenvalue weighted by atomic mass is 9.93. The smallest absolute Gasteiger partial charge is 0.326 e. The Morgan fingerprint density at radius 3 is 2.29 bits per heavy atom. The number of aromatic hydroxyl groups is 1. The Morgan fingerprint density at radius 1 is 0.912 bits per heavy atom. The van der Waals surface area contributed by atoms with Gasteiger partial charge in [0.2, 0.25) is 5.78 Å². The van der Waals surface area contributed by atoms with Gasteiger partial charge in [0.15, 0.2) is 5.82 Å². The molecule has 0 aliphatic carbocycles. The van der Waals surface area contributed by atoms with Crippen molar-refractivity contribution in [2.75, 3.05) is 10.6 Å². The number of aromatic nitrogens is 4. The van der Waals surface area contributed by atoms with Crippen molar-refractivity contribution in [3.8, 4) is 5.75 Å². The van der Waals surface area contributed by atoms with Crippen LogP contribution < -0.4 is 10.6 Å². The molecule has 0 unspecified atom stereocenters. The molecule has 1 aromatic carbocycles. The standard InChI is InChI=1S/C24H22N6O4/c1-24(2,3)19-10-21(30-34-19)29-23(33)28-20-9-13-8-17(27-18(13)11-25-20)22(32)16-7-12-6-14(31)4-5-15(12)26-16/h4-11,26-27,31H,1-3H3,(H2,25,28,29,30,33). The fourth-order valence-corrected chi connectivity index (χ4v) is 3.56. The summed E-state index contributed by atoms with van der Waals surface area (Å²) in [5.41, 5.74) is 1.92. The number of amides is 2. The number of rotatable bonds is 4. The first-order valence-electron chi connectivity index (χ1n) is 10.6. The summed E-state index contributed by atoms with van der Waals surface area (Å²) in [5, 5.41) is 20.2. The Kier molecular flexibility index (Phi) is 4.85. The molecule has 4 aromatic heterocycles. The highest BCUT2D eigenvalue weighted by molar-refractivity contribution is 6.11. The molecule has 10 heteroatoms. The molecule has 0 saturated heterocycles. The van der Waals surface area contributed by atoms with Crippen molar-refractivity contribution in [3.05, 3.63) is 65.8 Å². The van der Waals surface area contributed by atoms with Crippen LogP contribution in [0.25, 0.3) is 21.8 Å². The summed E-state index contributed by atoms with van der Waals surface area (Å²) in [7, 11) is 0. The number of phenols is 1. The third-order valence-corrected chi connectivity index (χ3v) is 5.33. The molecule has 4 heterocycles. The lowest BCUT2D eigenvalue weighted by Crippen LogP contribution is -2.20. The molecule has 172 valence electrons. The van der Waals surface area contributed by atoms with Crippen molar-refractivity contribution in [1.29, 1.82) is 0 Å². The van der Waals surface area contributed by atoms with Gasteiger partial charge >= 0.3 is 6.03 Å². The number of nitrogens with zero attached hydrogens (tertiary/aromatic N) is 2. The molecule has 5 aromatic rings. The molecule has 0 radical (unpaired) electrons. The quantitative estimate of drug-likeness (QED) is 0.242. The molecule has 0 saturated carbocycles. The number of hydrogen-bond donors (Lipinski definition) is 5. The summed E-state index contributed by atoms with van der Waals surface area (Å²) in [4.78, 5) is 35.7. The van der Waals surface area contributed by atoms with E-state index in [0.717, 1.165) is 10.9 Å². The van der Waals surface area contributed by atoms with Gasteiger partial charge < -0.3 is 19.6 Å². The van der Waals surface area contributed by atoms with E-state index in [9.17, 15) is 14.7 Å². The fraction of sp³-hybridized carbons (Fsp3) is 0.167. The Morgan fingerprint density at radius 2 is 1.59 bits per heavy atom. The maximum Gasteiger partial charge on any atom is 0.326 e. The fourth-order valence-electron chi connectivity index (χ4n) is 3.56. The topological polar surface area (TPSA) is 149 Å². The van der Waals surface area contributed by atoms with Gasteiger partial charge in [0.25, 0.3) is 0 Å². The van der Waals surface area contributed by atoms with Crippen molar-refractivity contribution < 1.29 is 19.2 Å². The summed E-state index contributed by atoms with van der Waals surface area (Å²) in [6, 6.07) is 11.0. The van der Waals surface area contributed by atoms with Crippen molar-refractivity contribution in [3.63, 3.8) is 0 Å². The van der Waals surface area contributed by atoms with Gasteiger partial charge in [0.1, 0.15) is 17.3 Å². The normalized spacial score (nSPS) is 11.7. The van der Waals surface area contributed by atoms with Gasteiger partial charge in [0, 0.05) is 27.8 Å². The lowest BCUT2D eigenvalue weighted by Gasteiger charge is -2.12. The highest BCUT2D eigenvalue weighted by atomic mass is 16.5. The second-order valence-electron chi connectivity index (χ2n) is 9.03. The largest absolute Gasteiger partial charge is 0.508 e. The van der Waals surface area contributed by atoms with Crippen LogP contribution in [-0.4, -0.2) is 37.0 Å². The summed E-state index contributed by atoms with van der Waals surface area (Å²) < 4.78 is 5.27. The van der Waals surface area contributed by atoms with Gasteiger partial charge in [-0.15, -0.1) is 0 Å². The Hall–Kier alpha value is -4.60. The minimum atomic E-state index is -0.520. The first-order valence-corrected chi connectivity index (χ1v) is 10.6. The van der Waals surface area contributed by atoms with Gasteiger partial charge in [-0.2, -0.15) is 0 Å². The van der Waals surface area contributed by atoms with E-state index in [1.165, 1.54) is 0 Å². The van der Waals surface area contributed by atoms with Crippen LogP contribution in [0, 0.1) is 0 Å². The predicted octanol–water partition coefficient (Wildman–Crippen LogP) is 4.91. The Labute approximate surface area is 193 Å². The Balaban J connectivity index is 1.32. The number of carbonyl (C=O) groups excluding carboxylic acids is 2. The molecule has 34 heavy (non-hydrogen) atoms. The number of carbonyl (C=O) groups is 2. The average molecular weight is 458 g/mol. The number of pyridine rings is 1. The van der Waals surface area contributed by atoms with Crippen molar-refractivity contribution >= 4 is 45.3 Å². The highest BCUT2D eigenvalue weighted by Crippen LogP contribution is 2.25. The molecule has 0 spiro atoms. The molecule has 0 aliphatic heterocycles. The summed E-state index contributed by atoms with van der Waals surface area (Å²) in [6.45, 7) is 5.94. The summed E-state index contributed by atoms with van der Waals surface area (Å²) in [5.74, 6) is 1.15. The van der Waals surface area contributed by atoms with Crippen molar-refractivity contribution in [2.24, 2.45) is 0 Å². The van der Waals surface area contributed by atoms with Gasteiger partial charge in [-0.3, -0.25) is 15.4 Å². The minimum Gasteiger partial charge on any atom is -0.508 e. The van der Waals surface area contributed by atoms with Gasteiger partial charge in [-0.25, -0.2) is 9.78 Å². The van der Waals surface area contributed by atoms with Crippen LogP contribution in [0.4, 0.5) is 16.4 Å². The number of ketones is 1. The van der Waals surface area contributed by atoms with Crippen LogP contribution in [-0.2, 0) is 5.41 Å². The van der Waals surface area contributed by atoms with Crippen molar-refractivity contribution in [1.82, 2.24) is 20.1 Å². The van der Waals surface area contributed by atoms with Crippen LogP contribution >= 0.6 is 0 Å². The van der Waals surface area contributed by atoms with E-state index in [1.54, 1.807) is 48.7 Å². The molecular formula is C24H22N6O4. The second-order valence-corrected chi connectivity index (χ2v) is 9.03. The number of H-pyrrole nitrogens is 2. The van der Waals surface area contributed by atoms with E-state index in [-0.39, 0.29) is 16.9 Å². The number of fused-ring (bicyclic) bond motifs is 2. The number of anilines is 2.